The zero-order chi connectivity index (χ0) is 22.2. The van der Waals surface area contributed by atoms with Gasteiger partial charge in [-0.1, -0.05) is 26.0 Å². The minimum absolute atomic E-state index is 0. The summed E-state index contributed by atoms with van der Waals surface area (Å²) in [6, 6.07) is 6.95. The van der Waals surface area contributed by atoms with E-state index in [2.05, 4.69) is 49.2 Å². The van der Waals surface area contributed by atoms with E-state index >= 15 is 0 Å². The molecule has 0 spiro atoms. The lowest BCUT2D eigenvalue weighted by Crippen LogP contribution is -2.59. The number of ether oxygens (including phenoxy) is 1. The zero-order valence-electron chi connectivity index (χ0n) is 19.7. The second-order valence-electron chi connectivity index (χ2n) is 9.98. The topological polar surface area (TPSA) is 65.1 Å². The van der Waals surface area contributed by atoms with Gasteiger partial charge in [0.05, 0.1) is 13.2 Å². The number of anilines is 1. The number of amides is 2. The smallest absolute Gasteiger partial charge is 0.241 e. The molecule has 1 aromatic rings. The van der Waals surface area contributed by atoms with E-state index in [-0.39, 0.29) is 35.7 Å². The maximum Gasteiger partial charge on any atom is 0.241 e. The number of halogens is 1. The first kappa shape index (κ1) is 25.0. The number of carbonyl (C=O) groups excluding carboxylic acids is 2. The van der Waals surface area contributed by atoms with Crippen LogP contribution in [0.5, 0.6) is 0 Å². The highest BCUT2D eigenvalue weighted by molar-refractivity contribution is 5.97. The van der Waals surface area contributed by atoms with Gasteiger partial charge in [-0.05, 0) is 30.5 Å². The number of fused-ring (bicyclic) bond motifs is 1. The molecule has 3 aliphatic rings. The molecule has 1 N–H and O–H groups in total. The molecule has 3 aliphatic heterocycles. The molecular formula is C24H37ClN4O3. The Morgan fingerprint density at radius 3 is 2.78 bits per heavy atom. The maximum atomic E-state index is 13.5. The van der Waals surface area contributed by atoms with Gasteiger partial charge in [0, 0.05) is 69.4 Å². The predicted octanol–water partition coefficient (Wildman–Crippen LogP) is 2.16. The van der Waals surface area contributed by atoms with Crippen LogP contribution in [-0.2, 0) is 26.3 Å². The number of hydrogen-bond donors (Lipinski definition) is 1. The van der Waals surface area contributed by atoms with Gasteiger partial charge in [-0.3, -0.25) is 14.5 Å². The highest BCUT2D eigenvalue weighted by Gasteiger charge is 2.39. The lowest BCUT2D eigenvalue weighted by molar-refractivity contribution is -0.128. The van der Waals surface area contributed by atoms with Crippen molar-refractivity contribution in [3.63, 3.8) is 0 Å². The Morgan fingerprint density at radius 2 is 2.09 bits per heavy atom. The second kappa shape index (κ2) is 10.1. The van der Waals surface area contributed by atoms with Gasteiger partial charge in [0.25, 0.3) is 0 Å². The van der Waals surface area contributed by atoms with Crippen molar-refractivity contribution in [2.75, 3.05) is 51.3 Å². The van der Waals surface area contributed by atoms with Crippen LogP contribution in [-0.4, -0.2) is 80.1 Å². The van der Waals surface area contributed by atoms with Crippen LogP contribution in [0.15, 0.2) is 18.2 Å². The molecule has 32 heavy (non-hydrogen) atoms. The quantitative estimate of drug-likeness (QED) is 0.699. The summed E-state index contributed by atoms with van der Waals surface area (Å²) in [5.74, 6) is 0.363. The third-order valence-electron chi connectivity index (χ3n) is 6.91. The van der Waals surface area contributed by atoms with Crippen LogP contribution in [0.4, 0.5) is 5.69 Å². The molecule has 0 radical (unpaired) electrons. The average molecular weight is 465 g/mol. The fourth-order valence-electron chi connectivity index (χ4n) is 5.19. The van der Waals surface area contributed by atoms with Gasteiger partial charge < -0.3 is 19.9 Å². The minimum atomic E-state index is -0.0876. The summed E-state index contributed by atoms with van der Waals surface area (Å²) in [6.45, 7) is 11.4. The first-order valence-electron chi connectivity index (χ1n) is 11.5. The molecule has 0 aromatic heterocycles. The monoisotopic (exact) mass is 464 g/mol. The molecule has 178 valence electrons. The SMILES string of the molecule is COC[C@H]1CN[C@H](C)CN1CC(=O)N1CC(C)(C)c2ccc(CN3CCCC3=O)cc21.Cl. The molecular weight excluding hydrogens is 428 g/mol. The van der Waals surface area contributed by atoms with Crippen molar-refractivity contribution in [1.29, 1.82) is 0 Å². The Balaban J connectivity index is 0.00000289. The molecule has 1 aromatic carbocycles. The molecule has 7 nitrogen and oxygen atoms in total. The average Bonchev–Trinajstić information content (AvgIpc) is 3.24. The van der Waals surface area contributed by atoms with Crippen LogP contribution < -0.4 is 10.2 Å². The van der Waals surface area contributed by atoms with E-state index in [0.717, 1.165) is 37.3 Å². The summed E-state index contributed by atoms with van der Waals surface area (Å²) >= 11 is 0. The first-order chi connectivity index (χ1) is 14.8. The van der Waals surface area contributed by atoms with E-state index in [4.69, 9.17) is 4.74 Å². The molecule has 2 atom stereocenters. The fraction of sp³-hybridized carbons (Fsp3) is 0.667. The standard InChI is InChI=1S/C24H36N4O3.ClH/c1-17-12-27(19(11-25-17)15-31-4)14-23(30)28-16-24(2,3)20-8-7-18(10-21(20)28)13-26-9-5-6-22(26)29;/h7-8,10,17,19,25H,5-6,9,11-16H2,1-4H3;1H/t17-,19-;/m1./s1. The van der Waals surface area contributed by atoms with Gasteiger partial charge in [-0.2, -0.15) is 0 Å². The molecule has 8 heteroatoms. The third-order valence-corrected chi connectivity index (χ3v) is 6.91. The number of benzene rings is 1. The molecule has 2 fully saturated rings. The number of nitrogens with one attached hydrogen (secondary N) is 1. The summed E-state index contributed by atoms with van der Waals surface area (Å²) in [4.78, 5) is 31.7. The Hall–Kier alpha value is -1.67. The summed E-state index contributed by atoms with van der Waals surface area (Å²) in [6.07, 6.45) is 1.58. The molecule has 2 amide bonds. The Bertz CT molecular complexity index is 847. The number of methoxy groups -OCH3 is 1. The minimum Gasteiger partial charge on any atom is -0.383 e. The summed E-state index contributed by atoms with van der Waals surface area (Å²) in [5.41, 5.74) is 3.22. The summed E-state index contributed by atoms with van der Waals surface area (Å²) in [5, 5.41) is 3.48. The molecule has 0 aliphatic carbocycles. The van der Waals surface area contributed by atoms with E-state index in [0.29, 0.717) is 38.7 Å². The molecule has 2 saturated heterocycles. The van der Waals surface area contributed by atoms with Crippen LogP contribution in [0.25, 0.3) is 0 Å². The van der Waals surface area contributed by atoms with E-state index in [9.17, 15) is 9.59 Å². The van der Waals surface area contributed by atoms with E-state index in [1.165, 1.54) is 5.56 Å². The fourth-order valence-corrected chi connectivity index (χ4v) is 5.19. The van der Waals surface area contributed by atoms with Crippen LogP contribution in [0, 0.1) is 0 Å². The number of likely N-dealkylation sites (tertiary alicyclic amines) is 1. The van der Waals surface area contributed by atoms with Crippen LogP contribution in [0.3, 0.4) is 0 Å². The molecule has 0 unspecified atom stereocenters. The van der Waals surface area contributed by atoms with Gasteiger partial charge in [0.1, 0.15) is 0 Å². The van der Waals surface area contributed by atoms with Gasteiger partial charge >= 0.3 is 0 Å². The van der Waals surface area contributed by atoms with E-state index in [1.54, 1.807) is 7.11 Å². The lowest BCUT2D eigenvalue weighted by Gasteiger charge is -2.39. The normalized spacial score (nSPS) is 25.1. The molecule has 0 saturated carbocycles. The molecule has 4 rings (SSSR count). The largest absolute Gasteiger partial charge is 0.383 e. The number of piperazine rings is 1. The number of carbonyl (C=O) groups is 2. The molecule has 0 bridgehead atoms. The van der Waals surface area contributed by atoms with Crippen molar-refractivity contribution in [3.8, 4) is 0 Å². The van der Waals surface area contributed by atoms with Gasteiger partial charge in [0.2, 0.25) is 11.8 Å². The van der Waals surface area contributed by atoms with Crippen molar-refractivity contribution in [2.24, 2.45) is 0 Å². The summed E-state index contributed by atoms with van der Waals surface area (Å²) < 4.78 is 5.39. The van der Waals surface area contributed by atoms with Crippen molar-refractivity contribution in [1.82, 2.24) is 15.1 Å². The number of rotatable bonds is 6. The second-order valence-corrected chi connectivity index (χ2v) is 9.98. The van der Waals surface area contributed by atoms with Crippen LogP contribution in [0.1, 0.15) is 44.7 Å². The summed E-state index contributed by atoms with van der Waals surface area (Å²) in [7, 11) is 1.71. The number of hydrogen-bond acceptors (Lipinski definition) is 5. The van der Waals surface area contributed by atoms with Crippen LogP contribution >= 0.6 is 12.4 Å². The van der Waals surface area contributed by atoms with Crippen molar-refractivity contribution in [2.45, 2.75) is 57.7 Å². The highest BCUT2D eigenvalue weighted by atomic mass is 35.5. The van der Waals surface area contributed by atoms with Gasteiger partial charge in [0.15, 0.2) is 0 Å². The Morgan fingerprint density at radius 1 is 1.31 bits per heavy atom. The first-order valence-corrected chi connectivity index (χ1v) is 11.5. The lowest BCUT2D eigenvalue weighted by atomic mass is 9.86. The highest BCUT2D eigenvalue weighted by Crippen LogP contribution is 2.41. The van der Waals surface area contributed by atoms with E-state index in [1.807, 2.05) is 9.80 Å². The van der Waals surface area contributed by atoms with Crippen LogP contribution in [0.2, 0.25) is 0 Å². The maximum absolute atomic E-state index is 13.5. The van der Waals surface area contributed by atoms with Crippen molar-refractivity contribution >= 4 is 29.9 Å². The molecule has 3 heterocycles. The van der Waals surface area contributed by atoms with Gasteiger partial charge in [-0.15, -0.1) is 12.4 Å². The Labute approximate surface area is 197 Å². The van der Waals surface area contributed by atoms with Crippen molar-refractivity contribution in [3.05, 3.63) is 29.3 Å². The number of nitrogens with zero attached hydrogens (tertiary/aromatic N) is 3. The predicted molar refractivity (Wildman–Crippen MR) is 128 cm³/mol. The third kappa shape index (κ3) is 5.11. The van der Waals surface area contributed by atoms with Gasteiger partial charge in [-0.25, -0.2) is 0 Å². The van der Waals surface area contributed by atoms with Crippen molar-refractivity contribution < 1.29 is 14.3 Å². The Kier molecular flexibility index (Phi) is 7.86. The zero-order valence-corrected chi connectivity index (χ0v) is 20.5. The van der Waals surface area contributed by atoms with E-state index < -0.39 is 0 Å².